The van der Waals surface area contributed by atoms with Gasteiger partial charge in [-0.3, -0.25) is 9.59 Å². The Morgan fingerprint density at radius 2 is 2.04 bits per heavy atom. The molecule has 0 saturated carbocycles. The maximum Gasteiger partial charge on any atom is 0.251 e. The minimum absolute atomic E-state index is 0.00708. The number of nitrogens with one attached hydrogen (secondary N) is 1. The van der Waals surface area contributed by atoms with Crippen LogP contribution in [0.15, 0.2) is 0 Å². The molecule has 4 nitrogen and oxygen atoms in total. The first kappa shape index (κ1) is 20.0. The first-order valence-electron chi connectivity index (χ1n) is 9.76. The number of hydrogen-bond donors (Lipinski definition) is 2. The normalized spacial score (nSPS) is 17.8. The molecule has 140 valence electrons. The van der Waals surface area contributed by atoms with Gasteiger partial charge in [0, 0.05) is 10.8 Å². The van der Waals surface area contributed by atoms with Crippen LogP contribution in [0.25, 0.3) is 0 Å². The molecule has 25 heavy (non-hydrogen) atoms. The summed E-state index contributed by atoms with van der Waals surface area (Å²) in [6, 6.07) is 0. The SMILES string of the molecule is CCCC[C@H](CC)C(=O)Nc1sc2c(c1C(N)=O)CC[C@H](CCC)C2. The van der Waals surface area contributed by atoms with Crippen molar-refractivity contribution in [2.45, 2.75) is 78.6 Å². The Morgan fingerprint density at radius 3 is 2.64 bits per heavy atom. The molecule has 2 atom stereocenters. The van der Waals surface area contributed by atoms with Gasteiger partial charge in [-0.1, -0.05) is 46.5 Å². The molecular formula is C20H32N2O2S. The van der Waals surface area contributed by atoms with Gasteiger partial charge < -0.3 is 11.1 Å². The van der Waals surface area contributed by atoms with Crippen molar-refractivity contribution in [1.29, 1.82) is 0 Å². The van der Waals surface area contributed by atoms with Gasteiger partial charge in [0.15, 0.2) is 0 Å². The molecule has 0 unspecified atom stereocenters. The van der Waals surface area contributed by atoms with Gasteiger partial charge in [-0.2, -0.15) is 0 Å². The second-order valence-corrected chi connectivity index (χ2v) is 8.31. The molecule has 2 amide bonds. The van der Waals surface area contributed by atoms with Crippen LogP contribution in [0, 0.1) is 11.8 Å². The summed E-state index contributed by atoms with van der Waals surface area (Å²) in [7, 11) is 0. The fourth-order valence-corrected chi connectivity index (χ4v) is 5.21. The fourth-order valence-electron chi connectivity index (χ4n) is 3.84. The molecular weight excluding hydrogens is 332 g/mol. The van der Waals surface area contributed by atoms with Gasteiger partial charge >= 0.3 is 0 Å². The Kier molecular flexibility index (Phi) is 7.48. The Hall–Kier alpha value is -1.36. The average Bonchev–Trinajstić information content (AvgIpc) is 2.93. The van der Waals surface area contributed by atoms with E-state index in [2.05, 4.69) is 19.2 Å². The number of hydrogen-bond acceptors (Lipinski definition) is 3. The van der Waals surface area contributed by atoms with Crippen LogP contribution >= 0.6 is 11.3 Å². The molecule has 0 bridgehead atoms. The van der Waals surface area contributed by atoms with Gasteiger partial charge in [-0.15, -0.1) is 11.3 Å². The highest BCUT2D eigenvalue weighted by Gasteiger charge is 2.29. The third-order valence-corrected chi connectivity index (χ3v) is 6.49. The first-order chi connectivity index (χ1) is 12.0. The van der Waals surface area contributed by atoms with E-state index in [0.29, 0.717) is 16.5 Å². The van der Waals surface area contributed by atoms with Crippen molar-refractivity contribution in [1.82, 2.24) is 0 Å². The lowest BCUT2D eigenvalue weighted by atomic mass is 9.84. The number of nitrogens with two attached hydrogens (primary N) is 1. The van der Waals surface area contributed by atoms with E-state index in [-0.39, 0.29) is 11.8 Å². The molecule has 1 aliphatic rings. The van der Waals surface area contributed by atoms with Crippen LogP contribution in [0.3, 0.4) is 0 Å². The predicted octanol–water partition coefficient (Wildman–Crippen LogP) is 4.91. The highest BCUT2D eigenvalue weighted by Crippen LogP contribution is 2.40. The molecule has 1 aliphatic carbocycles. The van der Waals surface area contributed by atoms with Crippen molar-refractivity contribution in [3.63, 3.8) is 0 Å². The second-order valence-electron chi connectivity index (χ2n) is 7.21. The maximum atomic E-state index is 12.6. The molecule has 0 fully saturated rings. The van der Waals surface area contributed by atoms with E-state index >= 15 is 0 Å². The largest absolute Gasteiger partial charge is 0.365 e. The minimum atomic E-state index is -0.414. The van der Waals surface area contributed by atoms with E-state index in [1.807, 2.05) is 6.92 Å². The average molecular weight is 365 g/mol. The van der Waals surface area contributed by atoms with E-state index < -0.39 is 5.91 Å². The number of rotatable bonds is 9. The smallest absolute Gasteiger partial charge is 0.251 e. The summed E-state index contributed by atoms with van der Waals surface area (Å²) in [6.07, 6.45) is 9.29. The van der Waals surface area contributed by atoms with E-state index in [9.17, 15) is 9.59 Å². The lowest BCUT2D eigenvalue weighted by Gasteiger charge is -2.21. The number of unbranched alkanes of at least 4 members (excludes halogenated alkanes) is 1. The molecule has 0 saturated heterocycles. The molecule has 3 N–H and O–H groups in total. The Labute approximate surface area is 155 Å². The van der Waals surface area contributed by atoms with E-state index in [1.165, 1.54) is 17.7 Å². The van der Waals surface area contributed by atoms with Crippen LogP contribution in [0.1, 0.15) is 86.5 Å². The lowest BCUT2D eigenvalue weighted by molar-refractivity contribution is -0.120. The van der Waals surface area contributed by atoms with E-state index in [0.717, 1.165) is 50.5 Å². The quantitative estimate of drug-likeness (QED) is 0.653. The Morgan fingerprint density at radius 1 is 1.28 bits per heavy atom. The van der Waals surface area contributed by atoms with Crippen molar-refractivity contribution in [2.75, 3.05) is 5.32 Å². The van der Waals surface area contributed by atoms with Crippen LogP contribution < -0.4 is 11.1 Å². The number of amides is 2. The van der Waals surface area contributed by atoms with Crippen molar-refractivity contribution in [3.8, 4) is 0 Å². The van der Waals surface area contributed by atoms with E-state index in [1.54, 1.807) is 11.3 Å². The molecule has 1 aromatic heterocycles. The van der Waals surface area contributed by atoms with Crippen LogP contribution in [0.2, 0.25) is 0 Å². The zero-order valence-electron chi connectivity index (χ0n) is 15.8. The van der Waals surface area contributed by atoms with Crippen molar-refractivity contribution in [3.05, 3.63) is 16.0 Å². The predicted molar refractivity (Wildman–Crippen MR) is 105 cm³/mol. The Balaban J connectivity index is 2.20. The summed E-state index contributed by atoms with van der Waals surface area (Å²) in [6.45, 7) is 6.39. The molecule has 0 spiro atoms. The van der Waals surface area contributed by atoms with Crippen molar-refractivity contribution >= 4 is 28.2 Å². The van der Waals surface area contributed by atoms with Crippen LogP contribution in [-0.2, 0) is 17.6 Å². The molecule has 5 heteroatoms. The summed E-state index contributed by atoms with van der Waals surface area (Å²) in [5, 5.41) is 3.71. The van der Waals surface area contributed by atoms with Crippen molar-refractivity contribution in [2.24, 2.45) is 17.6 Å². The minimum Gasteiger partial charge on any atom is -0.365 e. The molecule has 0 aromatic carbocycles. The number of carbonyl (C=O) groups is 2. The summed E-state index contributed by atoms with van der Waals surface area (Å²) < 4.78 is 0. The molecule has 0 radical (unpaired) electrons. The molecule has 0 aliphatic heterocycles. The van der Waals surface area contributed by atoms with Gasteiger partial charge in [0.05, 0.1) is 5.56 Å². The van der Waals surface area contributed by atoms with Crippen LogP contribution in [0.5, 0.6) is 0 Å². The lowest BCUT2D eigenvalue weighted by Crippen LogP contribution is -2.24. The van der Waals surface area contributed by atoms with Crippen LogP contribution in [-0.4, -0.2) is 11.8 Å². The summed E-state index contributed by atoms with van der Waals surface area (Å²) in [5.74, 6) is 0.312. The number of anilines is 1. The maximum absolute atomic E-state index is 12.6. The third-order valence-electron chi connectivity index (χ3n) is 5.32. The van der Waals surface area contributed by atoms with Gasteiger partial charge in [0.1, 0.15) is 5.00 Å². The number of primary amides is 1. The fraction of sp³-hybridized carbons (Fsp3) is 0.700. The number of carbonyl (C=O) groups excluding carboxylic acids is 2. The molecule has 1 aromatic rings. The second kappa shape index (κ2) is 9.37. The highest BCUT2D eigenvalue weighted by atomic mass is 32.1. The van der Waals surface area contributed by atoms with E-state index in [4.69, 9.17) is 5.73 Å². The highest BCUT2D eigenvalue weighted by molar-refractivity contribution is 7.17. The van der Waals surface area contributed by atoms with Crippen molar-refractivity contribution < 1.29 is 9.59 Å². The number of fused-ring (bicyclic) bond motifs is 1. The first-order valence-corrected chi connectivity index (χ1v) is 10.6. The third kappa shape index (κ3) is 4.84. The summed E-state index contributed by atoms with van der Waals surface area (Å²) in [4.78, 5) is 25.9. The zero-order valence-corrected chi connectivity index (χ0v) is 16.6. The molecule has 1 heterocycles. The zero-order chi connectivity index (χ0) is 18.4. The van der Waals surface area contributed by atoms with Gasteiger partial charge in [0.25, 0.3) is 5.91 Å². The number of thiophene rings is 1. The van der Waals surface area contributed by atoms with Gasteiger partial charge in [-0.25, -0.2) is 0 Å². The monoisotopic (exact) mass is 364 g/mol. The standard InChI is InChI=1S/C20H32N2O2S/c1-4-7-9-14(6-3)19(24)22-20-17(18(21)23)15-11-10-13(8-5-2)12-16(15)25-20/h13-14H,4-12H2,1-3H3,(H2,21,23)(H,22,24)/t13-,14-/m0/s1. The summed E-state index contributed by atoms with van der Waals surface area (Å²) >= 11 is 1.57. The van der Waals surface area contributed by atoms with Crippen LogP contribution in [0.4, 0.5) is 5.00 Å². The summed E-state index contributed by atoms with van der Waals surface area (Å²) in [5.41, 5.74) is 7.31. The van der Waals surface area contributed by atoms with Gasteiger partial charge in [0.2, 0.25) is 5.91 Å². The molecule has 2 rings (SSSR count). The Bertz CT molecular complexity index is 609. The topological polar surface area (TPSA) is 72.2 Å². The van der Waals surface area contributed by atoms with Gasteiger partial charge in [-0.05, 0) is 43.6 Å².